The summed E-state index contributed by atoms with van der Waals surface area (Å²) >= 11 is 3.11. The summed E-state index contributed by atoms with van der Waals surface area (Å²) in [5.74, 6) is 1.19. The summed E-state index contributed by atoms with van der Waals surface area (Å²) in [5.41, 5.74) is 4.40. The lowest BCUT2D eigenvalue weighted by Crippen LogP contribution is -2.31. The fraction of sp³-hybridized carbons (Fsp3) is 0.200. The van der Waals surface area contributed by atoms with Crippen LogP contribution in [0, 0.1) is 13.8 Å². The fourth-order valence-electron chi connectivity index (χ4n) is 3.40. The predicted molar refractivity (Wildman–Crippen MR) is 130 cm³/mol. The Kier molecular flexibility index (Phi) is 6.59. The zero-order valence-electron chi connectivity index (χ0n) is 17.8. The standard InChI is InChI=1S/C25H24N2O2S2/c1-17-13-18(2)24-22(14-17)26-25(31-24)27(15-19-7-5-4-6-8-19)23(28)16-30-21-11-9-20(29-3)10-12-21/h4-14H,15-16H2,1-3H3. The molecule has 31 heavy (non-hydrogen) atoms. The number of benzene rings is 3. The number of anilines is 1. The second-order valence-corrected chi connectivity index (χ2v) is 9.38. The number of rotatable bonds is 7. The fourth-order valence-corrected chi connectivity index (χ4v) is 5.21. The van der Waals surface area contributed by atoms with Crippen LogP contribution in [0.15, 0.2) is 71.6 Å². The lowest BCUT2D eigenvalue weighted by atomic mass is 10.1. The Morgan fingerprint density at radius 3 is 2.52 bits per heavy atom. The number of carbonyl (C=O) groups is 1. The molecular weight excluding hydrogens is 424 g/mol. The molecule has 0 N–H and O–H groups in total. The summed E-state index contributed by atoms with van der Waals surface area (Å²) < 4.78 is 6.35. The van der Waals surface area contributed by atoms with Gasteiger partial charge in [-0.3, -0.25) is 9.69 Å². The average molecular weight is 449 g/mol. The number of hydrogen-bond acceptors (Lipinski definition) is 5. The molecule has 0 saturated carbocycles. The average Bonchev–Trinajstić information content (AvgIpc) is 3.21. The molecular formula is C25H24N2O2S2. The Labute approximate surface area is 190 Å². The van der Waals surface area contributed by atoms with Crippen molar-refractivity contribution in [3.05, 3.63) is 83.4 Å². The molecule has 1 aromatic heterocycles. The molecule has 3 aromatic carbocycles. The minimum atomic E-state index is 0.0399. The number of aryl methyl sites for hydroxylation is 2. The van der Waals surface area contributed by atoms with Crippen LogP contribution >= 0.6 is 23.1 Å². The number of ether oxygens (including phenoxy) is 1. The topological polar surface area (TPSA) is 42.4 Å². The second-order valence-electron chi connectivity index (χ2n) is 7.36. The number of carbonyl (C=O) groups excluding carboxylic acids is 1. The third kappa shape index (κ3) is 5.09. The highest BCUT2D eigenvalue weighted by Gasteiger charge is 2.21. The highest BCUT2D eigenvalue weighted by atomic mass is 32.2. The number of thioether (sulfide) groups is 1. The van der Waals surface area contributed by atoms with E-state index in [1.54, 1.807) is 18.4 Å². The quantitative estimate of drug-likeness (QED) is 0.314. The van der Waals surface area contributed by atoms with Gasteiger partial charge in [0.1, 0.15) is 5.75 Å². The smallest absolute Gasteiger partial charge is 0.239 e. The molecule has 0 aliphatic rings. The lowest BCUT2D eigenvalue weighted by molar-refractivity contribution is -0.116. The molecule has 1 heterocycles. The van der Waals surface area contributed by atoms with Crippen LogP contribution < -0.4 is 9.64 Å². The largest absolute Gasteiger partial charge is 0.497 e. The maximum atomic E-state index is 13.3. The van der Waals surface area contributed by atoms with E-state index in [-0.39, 0.29) is 5.91 Å². The van der Waals surface area contributed by atoms with Gasteiger partial charge in [0.05, 0.1) is 29.6 Å². The van der Waals surface area contributed by atoms with Crippen LogP contribution in [-0.2, 0) is 11.3 Å². The van der Waals surface area contributed by atoms with E-state index < -0.39 is 0 Å². The van der Waals surface area contributed by atoms with Gasteiger partial charge in [0.2, 0.25) is 5.91 Å². The highest BCUT2D eigenvalue weighted by Crippen LogP contribution is 2.33. The Bertz CT molecular complexity index is 1190. The summed E-state index contributed by atoms with van der Waals surface area (Å²) in [5, 5.41) is 0.743. The van der Waals surface area contributed by atoms with E-state index in [2.05, 4.69) is 26.0 Å². The van der Waals surface area contributed by atoms with Crippen LogP contribution in [0.1, 0.15) is 16.7 Å². The van der Waals surface area contributed by atoms with E-state index in [9.17, 15) is 4.79 Å². The number of methoxy groups -OCH3 is 1. The summed E-state index contributed by atoms with van der Waals surface area (Å²) in [6.45, 7) is 4.67. The van der Waals surface area contributed by atoms with E-state index in [0.29, 0.717) is 12.3 Å². The first kappa shape index (κ1) is 21.4. The number of nitrogens with zero attached hydrogens (tertiary/aromatic N) is 2. The van der Waals surface area contributed by atoms with Gasteiger partial charge in [-0.15, -0.1) is 11.8 Å². The molecule has 158 valence electrons. The molecule has 0 atom stereocenters. The third-order valence-electron chi connectivity index (χ3n) is 4.95. The summed E-state index contributed by atoms with van der Waals surface area (Å²) in [6, 6.07) is 22.1. The van der Waals surface area contributed by atoms with Crippen molar-refractivity contribution < 1.29 is 9.53 Å². The van der Waals surface area contributed by atoms with E-state index in [0.717, 1.165) is 31.6 Å². The van der Waals surface area contributed by atoms with Gasteiger partial charge in [-0.1, -0.05) is 47.7 Å². The van der Waals surface area contributed by atoms with Crippen molar-refractivity contribution in [3.63, 3.8) is 0 Å². The third-order valence-corrected chi connectivity index (χ3v) is 7.17. The van der Waals surface area contributed by atoms with Crippen molar-refractivity contribution in [2.24, 2.45) is 0 Å². The van der Waals surface area contributed by atoms with Gasteiger partial charge in [0, 0.05) is 4.90 Å². The summed E-state index contributed by atoms with van der Waals surface area (Å²) in [4.78, 5) is 21.0. The molecule has 6 heteroatoms. The van der Waals surface area contributed by atoms with Gasteiger partial charge in [0.15, 0.2) is 5.13 Å². The van der Waals surface area contributed by atoms with Crippen LogP contribution in [0.4, 0.5) is 5.13 Å². The van der Waals surface area contributed by atoms with Crippen LogP contribution in [0.5, 0.6) is 5.75 Å². The Hall–Kier alpha value is -2.83. The van der Waals surface area contributed by atoms with Crippen molar-refractivity contribution in [1.29, 1.82) is 0 Å². The molecule has 0 aliphatic heterocycles. The summed E-state index contributed by atoms with van der Waals surface area (Å²) in [7, 11) is 1.65. The molecule has 0 radical (unpaired) electrons. The van der Waals surface area contributed by atoms with Gasteiger partial charge in [-0.2, -0.15) is 0 Å². The maximum Gasteiger partial charge on any atom is 0.239 e. The highest BCUT2D eigenvalue weighted by molar-refractivity contribution is 8.00. The van der Waals surface area contributed by atoms with Crippen molar-refractivity contribution in [1.82, 2.24) is 4.98 Å². The molecule has 0 bridgehead atoms. The SMILES string of the molecule is COc1ccc(SCC(=O)N(Cc2ccccc2)c2nc3cc(C)cc(C)c3s2)cc1. The molecule has 4 nitrogen and oxygen atoms in total. The molecule has 0 spiro atoms. The molecule has 4 aromatic rings. The first-order valence-corrected chi connectivity index (χ1v) is 11.8. The van der Waals surface area contributed by atoms with Gasteiger partial charge in [-0.25, -0.2) is 4.98 Å². The monoisotopic (exact) mass is 448 g/mol. The van der Waals surface area contributed by atoms with Gasteiger partial charge in [0.25, 0.3) is 0 Å². The first-order chi connectivity index (χ1) is 15.0. The number of amides is 1. The van der Waals surface area contributed by atoms with Crippen molar-refractivity contribution in [2.75, 3.05) is 17.8 Å². The molecule has 0 aliphatic carbocycles. The van der Waals surface area contributed by atoms with E-state index in [1.165, 1.54) is 22.9 Å². The predicted octanol–water partition coefficient (Wildman–Crippen LogP) is 6.25. The molecule has 0 fully saturated rings. The molecule has 4 rings (SSSR count). The van der Waals surface area contributed by atoms with Crippen LogP contribution in [0.25, 0.3) is 10.2 Å². The Balaban J connectivity index is 1.60. The lowest BCUT2D eigenvalue weighted by Gasteiger charge is -2.20. The van der Waals surface area contributed by atoms with Gasteiger partial charge >= 0.3 is 0 Å². The normalized spacial score (nSPS) is 10.9. The first-order valence-electron chi connectivity index (χ1n) is 10.0. The van der Waals surface area contributed by atoms with E-state index >= 15 is 0 Å². The van der Waals surface area contributed by atoms with Crippen molar-refractivity contribution >= 4 is 44.4 Å². The van der Waals surface area contributed by atoms with Crippen LogP contribution in [0.3, 0.4) is 0 Å². The van der Waals surface area contributed by atoms with Gasteiger partial charge in [-0.05, 0) is 60.9 Å². The number of fused-ring (bicyclic) bond motifs is 1. The van der Waals surface area contributed by atoms with Crippen LogP contribution in [-0.4, -0.2) is 23.8 Å². The Morgan fingerprint density at radius 2 is 1.81 bits per heavy atom. The second kappa shape index (κ2) is 9.54. The van der Waals surface area contributed by atoms with Crippen molar-refractivity contribution in [3.8, 4) is 5.75 Å². The minimum Gasteiger partial charge on any atom is -0.497 e. The number of aromatic nitrogens is 1. The molecule has 0 unspecified atom stereocenters. The zero-order chi connectivity index (χ0) is 21.8. The van der Waals surface area contributed by atoms with Gasteiger partial charge < -0.3 is 4.74 Å². The Morgan fingerprint density at radius 1 is 1.06 bits per heavy atom. The van der Waals surface area contributed by atoms with E-state index in [1.807, 2.05) is 59.5 Å². The molecule has 1 amide bonds. The number of hydrogen-bond donors (Lipinski definition) is 0. The van der Waals surface area contributed by atoms with Crippen molar-refractivity contribution in [2.45, 2.75) is 25.3 Å². The zero-order valence-corrected chi connectivity index (χ0v) is 19.4. The maximum absolute atomic E-state index is 13.3. The van der Waals surface area contributed by atoms with E-state index in [4.69, 9.17) is 9.72 Å². The van der Waals surface area contributed by atoms with Crippen LogP contribution in [0.2, 0.25) is 0 Å². The number of thiazole rings is 1. The summed E-state index contributed by atoms with van der Waals surface area (Å²) in [6.07, 6.45) is 0. The molecule has 0 saturated heterocycles. The minimum absolute atomic E-state index is 0.0399.